The van der Waals surface area contributed by atoms with Gasteiger partial charge in [-0.3, -0.25) is 4.79 Å². The average Bonchev–Trinajstić information content (AvgIpc) is 2.44. The van der Waals surface area contributed by atoms with E-state index in [1.54, 1.807) is 18.2 Å². The summed E-state index contributed by atoms with van der Waals surface area (Å²) in [4.78, 5) is 23.4. The highest BCUT2D eigenvalue weighted by molar-refractivity contribution is 5.93. The minimum absolute atomic E-state index is 0.267. The van der Waals surface area contributed by atoms with Crippen LogP contribution in [0.3, 0.4) is 0 Å². The maximum atomic E-state index is 11.7. The molecule has 0 unspecified atom stereocenters. The van der Waals surface area contributed by atoms with E-state index in [1.165, 1.54) is 7.11 Å². The van der Waals surface area contributed by atoms with Gasteiger partial charge in [0.05, 0.1) is 7.11 Å². The molecule has 0 aliphatic carbocycles. The second-order valence-corrected chi connectivity index (χ2v) is 4.78. The normalized spacial score (nSPS) is 10.2. The monoisotopic (exact) mass is 278 g/mol. The van der Waals surface area contributed by atoms with Gasteiger partial charge in [0.1, 0.15) is 11.3 Å². The molecule has 0 atom stereocenters. The number of methoxy groups -OCH3 is 1. The molecule has 4 nitrogen and oxygen atoms in total. The van der Waals surface area contributed by atoms with Crippen molar-refractivity contribution in [3.05, 3.63) is 29.3 Å². The van der Waals surface area contributed by atoms with E-state index in [9.17, 15) is 9.59 Å². The van der Waals surface area contributed by atoms with Crippen LogP contribution < -0.4 is 4.74 Å². The molecule has 0 spiro atoms. The lowest BCUT2D eigenvalue weighted by Gasteiger charge is -2.09. The summed E-state index contributed by atoms with van der Waals surface area (Å²) < 4.78 is 9.96. The summed E-state index contributed by atoms with van der Waals surface area (Å²) in [7, 11) is 1.31. The van der Waals surface area contributed by atoms with Gasteiger partial charge < -0.3 is 9.47 Å². The van der Waals surface area contributed by atoms with Gasteiger partial charge in [-0.1, -0.05) is 32.3 Å². The number of hydrogen-bond acceptors (Lipinski definition) is 4. The first-order valence-corrected chi connectivity index (χ1v) is 6.98. The van der Waals surface area contributed by atoms with E-state index < -0.39 is 5.97 Å². The summed E-state index contributed by atoms with van der Waals surface area (Å²) in [5, 5.41) is 0. The Morgan fingerprint density at radius 3 is 2.55 bits per heavy atom. The highest BCUT2D eigenvalue weighted by Crippen LogP contribution is 2.21. The molecule has 110 valence electrons. The van der Waals surface area contributed by atoms with Crippen molar-refractivity contribution in [2.24, 2.45) is 0 Å². The van der Waals surface area contributed by atoms with E-state index in [0.717, 1.165) is 31.2 Å². The van der Waals surface area contributed by atoms with E-state index >= 15 is 0 Å². The first-order chi connectivity index (χ1) is 9.58. The highest BCUT2D eigenvalue weighted by Gasteiger charge is 2.15. The fourth-order valence-electron chi connectivity index (χ4n) is 1.87. The van der Waals surface area contributed by atoms with Crippen molar-refractivity contribution in [1.29, 1.82) is 0 Å². The Labute approximate surface area is 120 Å². The maximum Gasteiger partial charge on any atom is 0.341 e. The van der Waals surface area contributed by atoms with E-state index in [4.69, 9.17) is 9.47 Å². The molecule has 0 radical (unpaired) electrons. The first-order valence-electron chi connectivity index (χ1n) is 6.98. The van der Waals surface area contributed by atoms with Gasteiger partial charge in [0.25, 0.3) is 0 Å². The number of carbonyl (C=O) groups excluding carboxylic acids is 2. The largest absolute Gasteiger partial charge is 0.465 e. The number of aryl methyl sites for hydroxylation is 1. The lowest BCUT2D eigenvalue weighted by atomic mass is 10.1. The fourth-order valence-corrected chi connectivity index (χ4v) is 1.87. The van der Waals surface area contributed by atoms with Crippen LogP contribution in [0, 0.1) is 6.92 Å². The molecule has 0 amide bonds. The smallest absolute Gasteiger partial charge is 0.341 e. The molecule has 0 saturated heterocycles. The van der Waals surface area contributed by atoms with Crippen LogP contribution in [0.4, 0.5) is 0 Å². The molecule has 1 rings (SSSR count). The number of benzene rings is 1. The molecule has 0 aliphatic heterocycles. The van der Waals surface area contributed by atoms with Crippen molar-refractivity contribution in [3.63, 3.8) is 0 Å². The number of carbonyl (C=O) groups is 2. The second kappa shape index (κ2) is 8.35. The van der Waals surface area contributed by atoms with E-state index in [2.05, 4.69) is 6.92 Å². The second-order valence-electron chi connectivity index (χ2n) is 4.78. The molecule has 0 N–H and O–H groups in total. The number of hydrogen-bond donors (Lipinski definition) is 0. The lowest BCUT2D eigenvalue weighted by Crippen LogP contribution is -2.12. The van der Waals surface area contributed by atoms with E-state index in [1.807, 2.05) is 6.92 Å². The van der Waals surface area contributed by atoms with Crippen LogP contribution in [0.2, 0.25) is 0 Å². The molecule has 20 heavy (non-hydrogen) atoms. The summed E-state index contributed by atoms with van der Waals surface area (Å²) in [5.41, 5.74) is 1.20. The number of unbranched alkanes of at least 4 members (excludes halogenated alkanes) is 3. The van der Waals surface area contributed by atoms with Crippen molar-refractivity contribution in [2.75, 3.05) is 7.11 Å². The zero-order chi connectivity index (χ0) is 15.0. The van der Waals surface area contributed by atoms with Crippen LogP contribution in [0.5, 0.6) is 5.75 Å². The van der Waals surface area contributed by atoms with E-state index in [-0.39, 0.29) is 17.3 Å². The molecule has 0 saturated carbocycles. The molecule has 0 heterocycles. The Kier molecular flexibility index (Phi) is 6.77. The Balaban J connectivity index is 2.67. The van der Waals surface area contributed by atoms with Gasteiger partial charge in [-0.2, -0.15) is 0 Å². The summed E-state index contributed by atoms with van der Waals surface area (Å²) in [5.74, 6) is -0.541. The zero-order valence-corrected chi connectivity index (χ0v) is 12.4. The van der Waals surface area contributed by atoms with Gasteiger partial charge in [-0.05, 0) is 31.0 Å². The highest BCUT2D eigenvalue weighted by atomic mass is 16.5. The van der Waals surface area contributed by atoms with E-state index in [0.29, 0.717) is 6.42 Å². The van der Waals surface area contributed by atoms with Gasteiger partial charge in [0.15, 0.2) is 0 Å². The summed E-state index contributed by atoms with van der Waals surface area (Å²) in [6, 6.07) is 5.09. The predicted molar refractivity (Wildman–Crippen MR) is 76.9 cm³/mol. The van der Waals surface area contributed by atoms with Gasteiger partial charge in [0.2, 0.25) is 0 Å². The quantitative estimate of drug-likeness (QED) is 0.434. The molecule has 1 aromatic rings. The minimum Gasteiger partial charge on any atom is -0.465 e. The Morgan fingerprint density at radius 1 is 1.15 bits per heavy atom. The topological polar surface area (TPSA) is 52.6 Å². The molecule has 0 aromatic heterocycles. The SMILES string of the molecule is CCCCCCC(=O)Oc1ccc(C)cc1C(=O)OC. The number of rotatable bonds is 7. The summed E-state index contributed by atoms with van der Waals surface area (Å²) in [6.07, 6.45) is 4.44. The van der Waals surface area contributed by atoms with Gasteiger partial charge >= 0.3 is 11.9 Å². The van der Waals surface area contributed by atoms with Gasteiger partial charge in [-0.25, -0.2) is 4.79 Å². The molecule has 0 aliphatic rings. The van der Waals surface area contributed by atoms with Crippen LogP contribution >= 0.6 is 0 Å². The summed E-state index contributed by atoms with van der Waals surface area (Å²) in [6.45, 7) is 3.98. The Hall–Kier alpha value is -1.84. The Morgan fingerprint density at radius 2 is 1.90 bits per heavy atom. The predicted octanol–water partition coefficient (Wildman–Crippen LogP) is 3.66. The third-order valence-corrected chi connectivity index (χ3v) is 3.00. The minimum atomic E-state index is -0.498. The van der Waals surface area contributed by atoms with Crippen molar-refractivity contribution in [2.45, 2.75) is 46.0 Å². The maximum absolute atomic E-state index is 11.7. The van der Waals surface area contributed by atoms with Crippen molar-refractivity contribution in [3.8, 4) is 5.75 Å². The van der Waals surface area contributed by atoms with Crippen LogP contribution in [0.25, 0.3) is 0 Å². The average molecular weight is 278 g/mol. The molecule has 0 bridgehead atoms. The standard InChI is InChI=1S/C16H22O4/c1-4-5-6-7-8-15(17)20-14-10-9-12(2)11-13(14)16(18)19-3/h9-11H,4-8H2,1-3H3. The van der Waals surface area contributed by atoms with Gasteiger partial charge in [0, 0.05) is 6.42 Å². The van der Waals surface area contributed by atoms with Crippen molar-refractivity contribution >= 4 is 11.9 Å². The lowest BCUT2D eigenvalue weighted by molar-refractivity contribution is -0.134. The van der Waals surface area contributed by atoms with Gasteiger partial charge in [-0.15, -0.1) is 0 Å². The van der Waals surface area contributed by atoms with Crippen LogP contribution in [-0.4, -0.2) is 19.0 Å². The molecular formula is C16H22O4. The number of ether oxygens (including phenoxy) is 2. The third-order valence-electron chi connectivity index (χ3n) is 3.00. The van der Waals surface area contributed by atoms with Crippen LogP contribution in [0.1, 0.15) is 54.9 Å². The zero-order valence-electron chi connectivity index (χ0n) is 12.4. The molecular weight excluding hydrogens is 256 g/mol. The van der Waals surface area contributed by atoms with Crippen LogP contribution in [-0.2, 0) is 9.53 Å². The molecule has 4 heteroatoms. The van der Waals surface area contributed by atoms with Crippen LogP contribution in [0.15, 0.2) is 18.2 Å². The first kappa shape index (κ1) is 16.2. The number of esters is 2. The molecule has 0 fully saturated rings. The van der Waals surface area contributed by atoms with Crippen molar-refractivity contribution < 1.29 is 19.1 Å². The Bertz CT molecular complexity index is 466. The third kappa shape index (κ3) is 5.03. The molecule has 1 aromatic carbocycles. The van der Waals surface area contributed by atoms with Crippen molar-refractivity contribution in [1.82, 2.24) is 0 Å². The summed E-state index contributed by atoms with van der Waals surface area (Å²) >= 11 is 0. The fraction of sp³-hybridized carbons (Fsp3) is 0.500.